The normalized spacial score (nSPS) is 13.5. The molecule has 1 atom stereocenters. The van der Waals surface area contributed by atoms with E-state index in [1.165, 1.54) is 17.1 Å². The van der Waals surface area contributed by atoms with Gasteiger partial charge in [-0.3, -0.25) is 9.48 Å². The topological polar surface area (TPSA) is 64.2 Å². The Kier molecular flexibility index (Phi) is 3.76. The van der Waals surface area contributed by atoms with Gasteiger partial charge in [0, 0.05) is 25.9 Å². The predicted molar refractivity (Wildman–Crippen MR) is 53.8 cm³/mol. The molecule has 1 heterocycles. The second kappa shape index (κ2) is 4.74. The molecule has 2 N–H and O–H groups in total. The molecule has 1 unspecified atom stereocenters. The van der Waals surface area contributed by atoms with Gasteiger partial charge in [0.25, 0.3) is 0 Å². The number of aromatic nitrogens is 2. The van der Waals surface area contributed by atoms with E-state index in [0.29, 0.717) is 10.5 Å². The standard InChI is InChI=1S/C9H13F3N4O/c1-15(5-9(10,11)12)8(17)7(13)6-3-14-16(2)4-6/h3-4,7H,5,13H2,1-2H3. The van der Waals surface area contributed by atoms with Crippen molar-refractivity contribution in [1.29, 1.82) is 0 Å². The quantitative estimate of drug-likeness (QED) is 0.846. The predicted octanol–water partition coefficient (Wildman–Crippen LogP) is 0.441. The number of nitrogens with two attached hydrogens (primary N) is 1. The van der Waals surface area contributed by atoms with Crippen molar-refractivity contribution < 1.29 is 18.0 Å². The Balaban J connectivity index is 2.70. The molecular weight excluding hydrogens is 237 g/mol. The molecular formula is C9H13F3N4O. The SMILES string of the molecule is CN(CC(F)(F)F)C(=O)C(N)c1cnn(C)c1. The third-order valence-electron chi connectivity index (χ3n) is 2.14. The molecule has 0 radical (unpaired) electrons. The fourth-order valence-corrected chi connectivity index (χ4v) is 1.33. The zero-order chi connectivity index (χ0) is 13.2. The number of nitrogens with zero attached hydrogens (tertiary/aromatic N) is 3. The monoisotopic (exact) mass is 250 g/mol. The number of likely N-dealkylation sites (N-methyl/N-ethyl adjacent to an activating group) is 1. The highest BCUT2D eigenvalue weighted by molar-refractivity contribution is 5.82. The number of alkyl halides is 3. The molecule has 0 aliphatic heterocycles. The van der Waals surface area contributed by atoms with Gasteiger partial charge in [0.05, 0.1) is 6.20 Å². The maximum absolute atomic E-state index is 12.1. The van der Waals surface area contributed by atoms with E-state index >= 15 is 0 Å². The van der Waals surface area contributed by atoms with E-state index in [9.17, 15) is 18.0 Å². The van der Waals surface area contributed by atoms with Gasteiger partial charge in [-0.05, 0) is 0 Å². The molecule has 0 aliphatic carbocycles. The van der Waals surface area contributed by atoms with E-state index in [1.807, 2.05) is 0 Å². The van der Waals surface area contributed by atoms with Crippen LogP contribution >= 0.6 is 0 Å². The van der Waals surface area contributed by atoms with Crippen LogP contribution in [0, 0.1) is 0 Å². The summed E-state index contributed by atoms with van der Waals surface area (Å²) in [6, 6.07) is -1.13. The summed E-state index contributed by atoms with van der Waals surface area (Å²) in [4.78, 5) is 12.1. The van der Waals surface area contributed by atoms with Crippen molar-refractivity contribution in [2.45, 2.75) is 12.2 Å². The third-order valence-corrected chi connectivity index (χ3v) is 2.14. The molecule has 1 rings (SSSR count). The third kappa shape index (κ3) is 3.74. The molecule has 96 valence electrons. The van der Waals surface area contributed by atoms with Crippen LogP contribution in [0.5, 0.6) is 0 Å². The first-order valence-corrected chi connectivity index (χ1v) is 4.76. The second-order valence-corrected chi connectivity index (χ2v) is 3.73. The van der Waals surface area contributed by atoms with Crippen molar-refractivity contribution in [3.8, 4) is 0 Å². The lowest BCUT2D eigenvalue weighted by molar-refractivity contribution is -0.159. The average molecular weight is 250 g/mol. The Morgan fingerprint density at radius 3 is 2.65 bits per heavy atom. The van der Waals surface area contributed by atoms with E-state index in [-0.39, 0.29) is 0 Å². The van der Waals surface area contributed by atoms with Gasteiger partial charge < -0.3 is 10.6 Å². The number of carbonyl (C=O) groups is 1. The molecule has 0 spiro atoms. The van der Waals surface area contributed by atoms with Gasteiger partial charge in [-0.25, -0.2) is 0 Å². The highest BCUT2D eigenvalue weighted by Crippen LogP contribution is 2.18. The van der Waals surface area contributed by atoms with Crippen molar-refractivity contribution in [2.75, 3.05) is 13.6 Å². The molecule has 0 fully saturated rings. The van der Waals surface area contributed by atoms with Gasteiger partial charge >= 0.3 is 6.18 Å². The number of rotatable bonds is 3. The highest BCUT2D eigenvalue weighted by Gasteiger charge is 2.33. The van der Waals surface area contributed by atoms with Gasteiger partial charge in [0.2, 0.25) is 5.91 Å². The first kappa shape index (κ1) is 13.5. The number of hydrogen-bond donors (Lipinski definition) is 1. The highest BCUT2D eigenvalue weighted by atomic mass is 19.4. The molecule has 17 heavy (non-hydrogen) atoms. The van der Waals surface area contributed by atoms with Gasteiger partial charge in [-0.15, -0.1) is 0 Å². The van der Waals surface area contributed by atoms with E-state index in [2.05, 4.69) is 5.10 Å². The molecule has 0 bridgehead atoms. The zero-order valence-electron chi connectivity index (χ0n) is 9.40. The summed E-state index contributed by atoms with van der Waals surface area (Å²) in [7, 11) is 2.69. The van der Waals surface area contributed by atoms with E-state index in [0.717, 1.165) is 7.05 Å². The molecule has 1 aromatic heterocycles. The second-order valence-electron chi connectivity index (χ2n) is 3.73. The van der Waals surface area contributed by atoms with Crippen molar-refractivity contribution in [3.63, 3.8) is 0 Å². The largest absolute Gasteiger partial charge is 0.406 e. The van der Waals surface area contributed by atoms with Crippen LogP contribution in [-0.4, -0.2) is 40.4 Å². The fourth-order valence-electron chi connectivity index (χ4n) is 1.33. The van der Waals surface area contributed by atoms with E-state index in [1.54, 1.807) is 7.05 Å². The minimum atomic E-state index is -4.43. The fraction of sp³-hybridized carbons (Fsp3) is 0.556. The summed E-state index contributed by atoms with van der Waals surface area (Å²) >= 11 is 0. The maximum atomic E-state index is 12.1. The van der Waals surface area contributed by atoms with Crippen molar-refractivity contribution in [3.05, 3.63) is 18.0 Å². The molecule has 1 aromatic rings. The molecule has 0 saturated carbocycles. The van der Waals surface area contributed by atoms with Gasteiger partial charge in [0.15, 0.2) is 0 Å². The molecule has 0 saturated heterocycles. The van der Waals surface area contributed by atoms with Crippen LogP contribution in [0.4, 0.5) is 13.2 Å². The Morgan fingerprint density at radius 2 is 2.24 bits per heavy atom. The van der Waals surface area contributed by atoms with Crippen LogP contribution in [0.3, 0.4) is 0 Å². The first-order valence-electron chi connectivity index (χ1n) is 4.76. The Labute approximate surface area is 96.0 Å². The molecule has 8 heteroatoms. The number of amides is 1. The first-order chi connectivity index (χ1) is 7.70. The summed E-state index contributed by atoms with van der Waals surface area (Å²) in [5.74, 6) is -0.796. The molecule has 5 nitrogen and oxygen atoms in total. The minimum absolute atomic E-state index is 0.381. The molecule has 0 aliphatic rings. The number of aryl methyl sites for hydroxylation is 1. The smallest absolute Gasteiger partial charge is 0.335 e. The summed E-state index contributed by atoms with van der Waals surface area (Å²) in [6.07, 6.45) is -1.59. The summed E-state index contributed by atoms with van der Waals surface area (Å²) in [5.41, 5.74) is 5.94. The van der Waals surface area contributed by atoms with Crippen LogP contribution in [0.25, 0.3) is 0 Å². The minimum Gasteiger partial charge on any atom is -0.335 e. The lowest BCUT2D eigenvalue weighted by Crippen LogP contribution is -2.41. The Hall–Kier alpha value is -1.57. The lowest BCUT2D eigenvalue weighted by Gasteiger charge is -2.21. The number of carbonyl (C=O) groups excluding carboxylic acids is 1. The summed E-state index contributed by atoms with van der Waals surface area (Å²) < 4.78 is 37.7. The summed E-state index contributed by atoms with van der Waals surface area (Å²) in [5, 5.41) is 3.80. The van der Waals surface area contributed by atoms with Crippen LogP contribution in [0.15, 0.2) is 12.4 Å². The average Bonchev–Trinajstić information content (AvgIpc) is 2.60. The van der Waals surface area contributed by atoms with Crippen molar-refractivity contribution >= 4 is 5.91 Å². The van der Waals surface area contributed by atoms with Gasteiger partial charge in [-0.2, -0.15) is 18.3 Å². The number of halogens is 3. The number of hydrogen-bond acceptors (Lipinski definition) is 3. The van der Waals surface area contributed by atoms with Crippen LogP contribution in [-0.2, 0) is 11.8 Å². The van der Waals surface area contributed by atoms with Gasteiger partial charge in [-0.1, -0.05) is 0 Å². The molecule has 1 amide bonds. The Morgan fingerprint density at radius 1 is 1.65 bits per heavy atom. The Bertz CT molecular complexity index is 401. The van der Waals surface area contributed by atoms with Crippen molar-refractivity contribution in [1.82, 2.24) is 14.7 Å². The van der Waals surface area contributed by atoms with E-state index in [4.69, 9.17) is 5.73 Å². The molecule has 0 aromatic carbocycles. The van der Waals surface area contributed by atoms with E-state index < -0.39 is 24.7 Å². The zero-order valence-corrected chi connectivity index (χ0v) is 9.40. The van der Waals surface area contributed by atoms with Crippen LogP contribution in [0.1, 0.15) is 11.6 Å². The van der Waals surface area contributed by atoms with Crippen LogP contribution in [0.2, 0.25) is 0 Å². The van der Waals surface area contributed by atoms with Crippen molar-refractivity contribution in [2.24, 2.45) is 12.8 Å². The van der Waals surface area contributed by atoms with Crippen LogP contribution < -0.4 is 5.73 Å². The maximum Gasteiger partial charge on any atom is 0.406 e. The van der Waals surface area contributed by atoms with Gasteiger partial charge in [0.1, 0.15) is 12.6 Å². The summed E-state index contributed by atoms with van der Waals surface area (Å²) in [6.45, 7) is -1.32. The lowest BCUT2D eigenvalue weighted by atomic mass is 10.1.